The van der Waals surface area contributed by atoms with Crippen molar-refractivity contribution >= 4 is 43.2 Å². The molecule has 0 aliphatic carbocycles. The van der Waals surface area contributed by atoms with Gasteiger partial charge in [0, 0.05) is 21.1 Å². The molecule has 0 spiro atoms. The summed E-state index contributed by atoms with van der Waals surface area (Å²) in [6.07, 6.45) is 1.88. The SMILES string of the molecule is O=C(O)O.[Pt].c1ccc(P(CCCP(c2ccccc2)c2ccccc2)c2ccccc2)cc1. The van der Waals surface area contributed by atoms with Gasteiger partial charge in [-0.1, -0.05) is 121 Å². The molecular formula is C28H28O3P2Pt. The van der Waals surface area contributed by atoms with Gasteiger partial charge in [-0.05, 0) is 55.8 Å². The maximum Gasteiger partial charge on any atom is 0.503 e. The summed E-state index contributed by atoms with van der Waals surface area (Å²) in [7, 11) is -0.618. The summed E-state index contributed by atoms with van der Waals surface area (Å²) in [5, 5.41) is 19.9. The van der Waals surface area contributed by atoms with Crippen molar-refractivity contribution in [2.75, 3.05) is 12.3 Å². The number of carbonyl (C=O) groups is 1. The molecule has 0 aliphatic rings. The third-order valence-electron chi connectivity index (χ3n) is 5.03. The molecule has 4 aromatic carbocycles. The molecule has 0 bridgehead atoms. The molecule has 0 aromatic heterocycles. The molecule has 4 rings (SSSR count). The van der Waals surface area contributed by atoms with Gasteiger partial charge < -0.3 is 10.2 Å². The van der Waals surface area contributed by atoms with Gasteiger partial charge in [0.05, 0.1) is 0 Å². The van der Waals surface area contributed by atoms with E-state index in [9.17, 15) is 0 Å². The molecule has 2 N–H and O–H groups in total. The van der Waals surface area contributed by atoms with Crippen LogP contribution in [0, 0.1) is 0 Å². The van der Waals surface area contributed by atoms with E-state index in [-0.39, 0.29) is 36.9 Å². The zero-order valence-corrected chi connectivity index (χ0v) is 22.7. The van der Waals surface area contributed by atoms with E-state index in [2.05, 4.69) is 121 Å². The predicted molar refractivity (Wildman–Crippen MR) is 143 cm³/mol. The van der Waals surface area contributed by atoms with E-state index in [0.29, 0.717) is 0 Å². The van der Waals surface area contributed by atoms with Gasteiger partial charge in [0.25, 0.3) is 0 Å². The predicted octanol–water partition coefficient (Wildman–Crippen LogP) is 5.86. The summed E-state index contributed by atoms with van der Waals surface area (Å²) in [6, 6.07) is 44.3. The number of hydrogen-bond acceptors (Lipinski definition) is 1. The molecule has 34 heavy (non-hydrogen) atoms. The van der Waals surface area contributed by atoms with E-state index >= 15 is 0 Å². The van der Waals surface area contributed by atoms with Crippen LogP contribution in [0.25, 0.3) is 0 Å². The molecule has 178 valence electrons. The Morgan fingerprint density at radius 3 is 0.912 bits per heavy atom. The number of hydrogen-bond donors (Lipinski definition) is 2. The largest absolute Gasteiger partial charge is 0.503 e. The van der Waals surface area contributed by atoms with Crippen molar-refractivity contribution in [1.29, 1.82) is 0 Å². The minimum atomic E-state index is -1.83. The smallest absolute Gasteiger partial charge is 0.450 e. The van der Waals surface area contributed by atoms with Crippen LogP contribution in [-0.2, 0) is 21.1 Å². The summed E-state index contributed by atoms with van der Waals surface area (Å²) in [6.45, 7) is 0. The van der Waals surface area contributed by atoms with Crippen molar-refractivity contribution in [2.24, 2.45) is 0 Å². The fourth-order valence-electron chi connectivity index (χ4n) is 3.63. The molecular weight excluding hydrogens is 641 g/mol. The van der Waals surface area contributed by atoms with Gasteiger partial charge in [-0.2, -0.15) is 0 Å². The average Bonchev–Trinajstić information content (AvgIpc) is 2.86. The Morgan fingerprint density at radius 1 is 0.500 bits per heavy atom. The standard InChI is InChI=1S/C27H26P2.CH2O3.Pt/c1-5-14-24(15-6-1)28(25-16-7-2-8-17-25)22-13-23-29(26-18-9-3-10-19-26)27-20-11-4-12-21-27;2-1(3)4;/h1-12,14-21H,13,22-23H2;(H2,2,3,4);. The Balaban J connectivity index is 0.000000758. The molecule has 0 atom stereocenters. The second-order valence-corrected chi connectivity index (χ2v) is 12.0. The van der Waals surface area contributed by atoms with Crippen LogP contribution in [0.15, 0.2) is 121 Å². The maximum absolute atomic E-state index is 8.56. The maximum atomic E-state index is 8.56. The molecule has 0 unspecified atom stereocenters. The van der Waals surface area contributed by atoms with Gasteiger partial charge in [0.2, 0.25) is 0 Å². The Labute approximate surface area is 218 Å². The molecule has 6 heteroatoms. The summed E-state index contributed by atoms with van der Waals surface area (Å²) >= 11 is 0. The zero-order chi connectivity index (χ0) is 23.3. The minimum absolute atomic E-state index is 0. The van der Waals surface area contributed by atoms with E-state index in [0.717, 1.165) is 0 Å². The third-order valence-corrected chi connectivity index (χ3v) is 10.2. The van der Waals surface area contributed by atoms with Crippen LogP contribution in [0.5, 0.6) is 0 Å². The van der Waals surface area contributed by atoms with Gasteiger partial charge in [-0.3, -0.25) is 0 Å². The summed E-state index contributed by atoms with van der Waals surface area (Å²) in [5.41, 5.74) is 0. The first-order chi connectivity index (χ1) is 16.1. The van der Waals surface area contributed by atoms with Crippen molar-refractivity contribution in [3.63, 3.8) is 0 Å². The molecule has 0 radical (unpaired) electrons. The monoisotopic (exact) mass is 669 g/mol. The summed E-state index contributed by atoms with van der Waals surface area (Å²) in [4.78, 5) is 8.56. The number of rotatable bonds is 8. The molecule has 0 heterocycles. The molecule has 0 amide bonds. The minimum Gasteiger partial charge on any atom is -0.450 e. The topological polar surface area (TPSA) is 57.5 Å². The van der Waals surface area contributed by atoms with Gasteiger partial charge in [-0.15, -0.1) is 0 Å². The third kappa shape index (κ3) is 9.15. The quantitative estimate of drug-likeness (QED) is 0.231. The van der Waals surface area contributed by atoms with E-state index in [1.807, 2.05) is 0 Å². The summed E-state index contributed by atoms with van der Waals surface area (Å²) < 4.78 is 0. The number of carboxylic acid groups (broad SMARTS) is 2. The van der Waals surface area contributed by atoms with Gasteiger partial charge in [0.15, 0.2) is 0 Å². The fraction of sp³-hybridized carbons (Fsp3) is 0.107. The first kappa shape index (κ1) is 27.9. The molecule has 0 aliphatic heterocycles. The molecule has 3 nitrogen and oxygen atoms in total. The van der Waals surface area contributed by atoms with Crippen LogP contribution < -0.4 is 21.2 Å². The van der Waals surface area contributed by atoms with Gasteiger partial charge in [-0.25, -0.2) is 4.79 Å². The summed E-state index contributed by atoms with van der Waals surface area (Å²) in [5.74, 6) is 0. The molecule has 4 aromatic rings. The van der Waals surface area contributed by atoms with Gasteiger partial charge >= 0.3 is 6.16 Å². The van der Waals surface area contributed by atoms with E-state index in [1.165, 1.54) is 40.0 Å². The Morgan fingerprint density at radius 2 is 0.706 bits per heavy atom. The van der Waals surface area contributed by atoms with E-state index in [1.54, 1.807) is 0 Å². The van der Waals surface area contributed by atoms with Crippen LogP contribution in [0.1, 0.15) is 6.42 Å². The van der Waals surface area contributed by atoms with Crippen molar-refractivity contribution < 1.29 is 36.1 Å². The van der Waals surface area contributed by atoms with Crippen LogP contribution >= 0.6 is 15.8 Å². The van der Waals surface area contributed by atoms with Crippen LogP contribution in [0.4, 0.5) is 4.79 Å². The van der Waals surface area contributed by atoms with Crippen LogP contribution in [-0.4, -0.2) is 28.7 Å². The molecule has 0 saturated heterocycles. The van der Waals surface area contributed by atoms with Crippen molar-refractivity contribution in [3.8, 4) is 0 Å². The zero-order valence-electron chi connectivity index (χ0n) is 18.7. The van der Waals surface area contributed by atoms with Gasteiger partial charge in [0.1, 0.15) is 0 Å². The Bertz CT molecular complexity index is 916. The van der Waals surface area contributed by atoms with Crippen molar-refractivity contribution in [2.45, 2.75) is 6.42 Å². The fourth-order valence-corrected chi connectivity index (χ4v) is 8.59. The van der Waals surface area contributed by atoms with Crippen molar-refractivity contribution in [3.05, 3.63) is 121 Å². The van der Waals surface area contributed by atoms with E-state index in [4.69, 9.17) is 15.0 Å². The Kier molecular flexibility index (Phi) is 12.8. The normalized spacial score (nSPS) is 10.2. The first-order valence-corrected chi connectivity index (χ1v) is 13.9. The molecule has 0 fully saturated rings. The second kappa shape index (κ2) is 15.6. The molecule has 0 saturated carbocycles. The first-order valence-electron chi connectivity index (χ1n) is 10.8. The number of benzene rings is 4. The van der Waals surface area contributed by atoms with Crippen molar-refractivity contribution in [1.82, 2.24) is 0 Å². The Hall–Kier alpha value is -2.30. The van der Waals surface area contributed by atoms with Crippen LogP contribution in [0.2, 0.25) is 0 Å². The van der Waals surface area contributed by atoms with Crippen LogP contribution in [0.3, 0.4) is 0 Å². The average molecular weight is 670 g/mol. The van der Waals surface area contributed by atoms with E-state index < -0.39 is 6.16 Å². The second-order valence-electron chi connectivity index (χ2n) is 7.28.